The molecule has 2 rings (SSSR count). The summed E-state index contributed by atoms with van der Waals surface area (Å²) in [5.41, 5.74) is 5.67. The Balaban J connectivity index is 1.94. The Labute approximate surface area is 123 Å². The third-order valence-electron chi connectivity index (χ3n) is 3.00. The number of aromatic nitrogens is 1. The predicted octanol–water partition coefficient (Wildman–Crippen LogP) is 0.814. The molecule has 0 bridgehead atoms. The van der Waals surface area contributed by atoms with Crippen LogP contribution in [0, 0.1) is 5.92 Å². The highest BCUT2D eigenvalue weighted by atomic mass is 32.2. The Morgan fingerprint density at radius 2 is 2.20 bits per heavy atom. The standard InChI is InChI=1S/C11H20N4O3S2/c1-15(2)20(16,17)9-10(12)14-19-11(9)13-5-6-18-7-8-3-4-8/h8,13H,3-7H2,1-2H3,(H2,12,14). The Morgan fingerprint density at radius 3 is 2.80 bits per heavy atom. The average molecular weight is 320 g/mol. The zero-order chi connectivity index (χ0) is 14.8. The first-order valence-electron chi connectivity index (χ1n) is 6.42. The molecule has 1 heterocycles. The summed E-state index contributed by atoms with van der Waals surface area (Å²) >= 11 is 1.05. The van der Waals surface area contributed by atoms with E-state index in [1.165, 1.54) is 26.9 Å². The summed E-state index contributed by atoms with van der Waals surface area (Å²) in [6, 6.07) is 0. The minimum absolute atomic E-state index is 0.0325. The zero-order valence-electron chi connectivity index (χ0n) is 11.6. The normalized spacial score (nSPS) is 15.8. The smallest absolute Gasteiger partial charge is 0.249 e. The maximum atomic E-state index is 12.2. The molecule has 0 unspecified atom stereocenters. The van der Waals surface area contributed by atoms with Gasteiger partial charge in [-0.15, -0.1) is 0 Å². The fraction of sp³-hybridized carbons (Fsp3) is 0.727. The highest BCUT2D eigenvalue weighted by molar-refractivity contribution is 7.89. The van der Waals surface area contributed by atoms with Crippen molar-refractivity contribution in [3.63, 3.8) is 0 Å². The molecular formula is C11H20N4O3S2. The van der Waals surface area contributed by atoms with Crippen LogP contribution in [0.5, 0.6) is 0 Å². The third kappa shape index (κ3) is 3.60. The van der Waals surface area contributed by atoms with Crippen molar-refractivity contribution < 1.29 is 13.2 Å². The molecule has 1 aromatic heterocycles. The molecule has 3 N–H and O–H groups in total. The van der Waals surface area contributed by atoms with Crippen LogP contribution in [0.1, 0.15) is 12.8 Å². The molecular weight excluding hydrogens is 300 g/mol. The van der Waals surface area contributed by atoms with E-state index in [4.69, 9.17) is 10.5 Å². The van der Waals surface area contributed by atoms with Gasteiger partial charge in [-0.3, -0.25) is 0 Å². The van der Waals surface area contributed by atoms with Crippen LogP contribution in [-0.2, 0) is 14.8 Å². The fourth-order valence-electron chi connectivity index (χ4n) is 1.61. The van der Waals surface area contributed by atoms with Gasteiger partial charge in [0.1, 0.15) is 5.00 Å². The number of nitrogen functional groups attached to an aromatic ring is 1. The number of hydrogen-bond donors (Lipinski definition) is 2. The van der Waals surface area contributed by atoms with Gasteiger partial charge in [-0.25, -0.2) is 12.7 Å². The molecule has 7 nitrogen and oxygen atoms in total. The van der Waals surface area contributed by atoms with Crippen LogP contribution in [0.2, 0.25) is 0 Å². The van der Waals surface area contributed by atoms with E-state index in [0.29, 0.717) is 18.2 Å². The van der Waals surface area contributed by atoms with Crippen molar-refractivity contribution in [3.05, 3.63) is 0 Å². The third-order valence-corrected chi connectivity index (χ3v) is 5.83. The van der Waals surface area contributed by atoms with Gasteiger partial charge in [0.2, 0.25) is 10.0 Å². The van der Waals surface area contributed by atoms with Crippen molar-refractivity contribution in [2.75, 3.05) is 44.9 Å². The van der Waals surface area contributed by atoms with Gasteiger partial charge in [0, 0.05) is 27.2 Å². The van der Waals surface area contributed by atoms with E-state index in [1.807, 2.05) is 0 Å². The molecule has 0 amide bonds. The first kappa shape index (κ1) is 15.5. The lowest BCUT2D eigenvalue weighted by molar-refractivity contribution is 0.134. The summed E-state index contributed by atoms with van der Waals surface area (Å²) < 4.78 is 34.9. The van der Waals surface area contributed by atoms with E-state index in [1.54, 1.807) is 0 Å². The van der Waals surface area contributed by atoms with Gasteiger partial charge in [-0.05, 0) is 30.3 Å². The number of ether oxygens (including phenoxy) is 1. The number of nitrogens with zero attached hydrogens (tertiary/aromatic N) is 2. The lowest BCUT2D eigenvalue weighted by Gasteiger charge is -2.13. The maximum Gasteiger partial charge on any atom is 0.249 e. The van der Waals surface area contributed by atoms with Crippen LogP contribution in [0.25, 0.3) is 0 Å². The second kappa shape index (κ2) is 6.25. The van der Waals surface area contributed by atoms with E-state index >= 15 is 0 Å². The Morgan fingerprint density at radius 1 is 1.50 bits per heavy atom. The molecule has 1 aromatic rings. The van der Waals surface area contributed by atoms with Gasteiger partial charge in [-0.1, -0.05) is 0 Å². The summed E-state index contributed by atoms with van der Waals surface area (Å²) in [4.78, 5) is 0.0506. The summed E-state index contributed by atoms with van der Waals surface area (Å²) in [6.07, 6.45) is 2.51. The molecule has 0 radical (unpaired) electrons. The lowest BCUT2D eigenvalue weighted by atomic mass is 10.5. The number of hydrogen-bond acceptors (Lipinski definition) is 7. The van der Waals surface area contributed by atoms with Gasteiger partial charge in [0.05, 0.1) is 6.61 Å². The monoisotopic (exact) mass is 320 g/mol. The summed E-state index contributed by atoms with van der Waals surface area (Å²) in [5.74, 6) is 0.754. The van der Waals surface area contributed by atoms with Crippen molar-refractivity contribution in [3.8, 4) is 0 Å². The molecule has 0 spiro atoms. The van der Waals surface area contributed by atoms with Crippen molar-refractivity contribution in [2.45, 2.75) is 17.7 Å². The second-order valence-corrected chi connectivity index (χ2v) is 7.82. The maximum absolute atomic E-state index is 12.2. The first-order valence-corrected chi connectivity index (χ1v) is 8.63. The largest absolute Gasteiger partial charge is 0.382 e. The molecule has 0 aliphatic heterocycles. The van der Waals surface area contributed by atoms with Crippen LogP contribution in [0.15, 0.2) is 4.90 Å². The van der Waals surface area contributed by atoms with E-state index < -0.39 is 10.0 Å². The van der Waals surface area contributed by atoms with E-state index in [0.717, 1.165) is 28.4 Å². The van der Waals surface area contributed by atoms with Gasteiger partial charge in [0.25, 0.3) is 0 Å². The molecule has 1 aliphatic rings. The second-order valence-electron chi connectivity index (χ2n) is 4.96. The van der Waals surface area contributed by atoms with Crippen molar-refractivity contribution in [2.24, 2.45) is 5.92 Å². The van der Waals surface area contributed by atoms with Crippen LogP contribution in [0.3, 0.4) is 0 Å². The number of nitrogens with one attached hydrogen (secondary N) is 1. The quantitative estimate of drug-likeness (QED) is 0.688. The van der Waals surface area contributed by atoms with Crippen LogP contribution in [-0.4, -0.2) is 51.0 Å². The molecule has 1 aliphatic carbocycles. The minimum atomic E-state index is -3.59. The van der Waals surface area contributed by atoms with Gasteiger partial charge < -0.3 is 15.8 Å². The Bertz CT molecular complexity index is 552. The minimum Gasteiger partial charge on any atom is -0.382 e. The van der Waals surface area contributed by atoms with Gasteiger partial charge >= 0.3 is 0 Å². The Kier molecular flexibility index (Phi) is 4.84. The molecule has 9 heteroatoms. The SMILES string of the molecule is CN(C)S(=O)(=O)c1c(N)nsc1NCCOCC1CC1. The summed E-state index contributed by atoms with van der Waals surface area (Å²) in [5, 5.41) is 3.50. The lowest BCUT2D eigenvalue weighted by Crippen LogP contribution is -2.24. The fourth-order valence-corrected chi connectivity index (χ4v) is 3.71. The van der Waals surface area contributed by atoms with E-state index in [9.17, 15) is 8.42 Å². The highest BCUT2D eigenvalue weighted by Gasteiger charge is 2.27. The zero-order valence-corrected chi connectivity index (χ0v) is 13.3. The molecule has 20 heavy (non-hydrogen) atoms. The predicted molar refractivity (Wildman–Crippen MR) is 79.4 cm³/mol. The van der Waals surface area contributed by atoms with E-state index in [2.05, 4.69) is 9.69 Å². The first-order chi connectivity index (χ1) is 9.43. The molecule has 1 fully saturated rings. The number of anilines is 2. The summed E-state index contributed by atoms with van der Waals surface area (Å²) in [6.45, 7) is 1.86. The molecule has 0 aromatic carbocycles. The van der Waals surface area contributed by atoms with E-state index in [-0.39, 0.29) is 10.7 Å². The topological polar surface area (TPSA) is 97.6 Å². The summed E-state index contributed by atoms with van der Waals surface area (Å²) in [7, 11) is -0.654. The van der Waals surface area contributed by atoms with Gasteiger partial charge in [0.15, 0.2) is 10.7 Å². The number of sulfonamides is 1. The number of nitrogens with two attached hydrogens (primary N) is 1. The van der Waals surface area contributed by atoms with Crippen molar-refractivity contribution >= 4 is 32.4 Å². The Hall–Kier alpha value is -0.900. The molecule has 0 saturated heterocycles. The number of rotatable bonds is 8. The highest BCUT2D eigenvalue weighted by Crippen LogP contribution is 2.32. The van der Waals surface area contributed by atoms with Gasteiger partial charge in [-0.2, -0.15) is 4.37 Å². The molecule has 1 saturated carbocycles. The van der Waals surface area contributed by atoms with Crippen LogP contribution in [0.4, 0.5) is 10.8 Å². The average Bonchev–Trinajstić information content (AvgIpc) is 3.11. The van der Waals surface area contributed by atoms with Crippen molar-refractivity contribution in [1.29, 1.82) is 0 Å². The van der Waals surface area contributed by atoms with Crippen molar-refractivity contribution in [1.82, 2.24) is 8.68 Å². The molecule has 0 atom stereocenters. The molecule has 114 valence electrons. The van der Waals surface area contributed by atoms with Crippen LogP contribution < -0.4 is 11.1 Å². The van der Waals surface area contributed by atoms with Crippen LogP contribution >= 0.6 is 11.5 Å².